The highest BCUT2D eigenvalue weighted by Gasteiger charge is 2.36. The van der Waals surface area contributed by atoms with Crippen LogP contribution in [-0.2, 0) is 16.1 Å². The van der Waals surface area contributed by atoms with E-state index in [2.05, 4.69) is 5.10 Å². The monoisotopic (exact) mass is 324 g/mol. The molecular weight excluding hydrogens is 304 g/mol. The molecule has 2 heterocycles. The second kappa shape index (κ2) is 6.35. The normalized spacial score (nSPS) is 20.7. The zero-order valence-corrected chi connectivity index (χ0v) is 13.4. The van der Waals surface area contributed by atoms with Gasteiger partial charge in [-0.1, -0.05) is 6.92 Å². The first-order chi connectivity index (χ1) is 10.7. The Morgan fingerprint density at radius 3 is 2.52 bits per heavy atom. The van der Waals surface area contributed by atoms with Crippen LogP contribution >= 0.6 is 0 Å². The molecule has 1 aliphatic heterocycles. The van der Waals surface area contributed by atoms with E-state index in [1.165, 1.54) is 4.68 Å². The van der Waals surface area contributed by atoms with E-state index in [0.29, 0.717) is 17.9 Å². The summed E-state index contributed by atoms with van der Waals surface area (Å²) < 4.78 is 1.46. The van der Waals surface area contributed by atoms with E-state index < -0.39 is 16.8 Å². The molecule has 23 heavy (non-hydrogen) atoms. The predicted molar refractivity (Wildman–Crippen MR) is 79.8 cm³/mol. The van der Waals surface area contributed by atoms with Gasteiger partial charge in [0.25, 0.3) is 0 Å². The molecule has 0 bridgehead atoms. The molecule has 1 fully saturated rings. The molecule has 1 aliphatic rings. The van der Waals surface area contributed by atoms with E-state index in [9.17, 15) is 19.7 Å². The quantitative estimate of drug-likeness (QED) is 0.637. The fraction of sp³-hybridized carbons (Fsp3) is 0.643. The Kier molecular flexibility index (Phi) is 4.67. The minimum absolute atomic E-state index is 0.0295. The topological polar surface area (TPSA) is 119 Å². The molecule has 0 saturated carbocycles. The summed E-state index contributed by atoms with van der Waals surface area (Å²) in [5.74, 6) is -1.65. The Morgan fingerprint density at radius 2 is 2.04 bits per heavy atom. The molecule has 0 aromatic carbocycles. The first kappa shape index (κ1) is 16.9. The standard InChI is InChI=1S/C14H20N4O5/c1-8-6-16(7-11(8)14(20)21)12(19)4-5-17-10(3)13(18(22)23)9(2)15-17/h8,11H,4-7H2,1-3H3,(H,20,21)/t8-,11-/m1/s1. The SMILES string of the molecule is Cc1nn(CCC(=O)N2C[C@@H](C)[C@H](C(=O)O)C2)c(C)c1[N+](=O)[O-]. The number of aryl methyl sites for hydroxylation is 2. The van der Waals surface area contributed by atoms with Crippen molar-refractivity contribution in [1.29, 1.82) is 0 Å². The van der Waals surface area contributed by atoms with Gasteiger partial charge in [0.15, 0.2) is 0 Å². The Bertz CT molecular complexity index is 654. The summed E-state index contributed by atoms with van der Waals surface area (Å²) in [5, 5.41) is 24.2. The van der Waals surface area contributed by atoms with Crippen LogP contribution in [0.25, 0.3) is 0 Å². The molecule has 0 radical (unpaired) electrons. The molecule has 1 aromatic heterocycles. The van der Waals surface area contributed by atoms with E-state index >= 15 is 0 Å². The molecule has 1 N–H and O–H groups in total. The van der Waals surface area contributed by atoms with Gasteiger partial charge < -0.3 is 10.0 Å². The Morgan fingerprint density at radius 1 is 1.39 bits per heavy atom. The molecule has 1 aromatic rings. The molecular formula is C14H20N4O5. The third-order valence-corrected chi connectivity index (χ3v) is 4.35. The van der Waals surface area contributed by atoms with Gasteiger partial charge in [0.05, 0.1) is 17.4 Å². The number of nitro groups is 1. The largest absolute Gasteiger partial charge is 0.481 e. The predicted octanol–water partition coefficient (Wildman–Crippen LogP) is 0.977. The maximum absolute atomic E-state index is 12.2. The van der Waals surface area contributed by atoms with E-state index in [1.54, 1.807) is 18.7 Å². The van der Waals surface area contributed by atoms with Crippen molar-refractivity contribution in [2.24, 2.45) is 11.8 Å². The molecule has 0 unspecified atom stereocenters. The lowest BCUT2D eigenvalue weighted by Crippen LogP contribution is -2.30. The van der Waals surface area contributed by atoms with Gasteiger partial charge in [-0.25, -0.2) is 0 Å². The van der Waals surface area contributed by atoms with Crippen molar-refractivity contribution in [1.82, 2.24) is 14.7 Å². The number of hydrogen-bond acceptors (Lipinski definition) is 5. The van der Waals surface area contributed by atoms with Crippen molar-refractivity contribution in [3.8, 4) is 0 Å². The number of hydrogen-bond donors (Lipinski definition) is 1. The van der Waals surface area contributed by atoms with Crippen molar-refractivity contribution in [2.75, 3.05) is 13.1 Å². The maximum atomic E-state index is 12.2. The average Bonchev–Trinajstić information content (AvgIpc) is 2.96. The molecule has 2 rings (SSSR count). The number of nitrogens with zero attached hydrogens (tertiary/aromatic N) is 4. The van der Waals surface area contributed by atoms with Crippen molar-refractivity contribution in [2.45, 2.75) is 33.7 Å². The number of carboxylic acids is 1. The van der Waals surface area contributed by atoms with E-state index in [0.717, 1.165) is 0 Å². The van der Waals surface area contributed by atoms with Crippen LogP contribution in [0.1, 0.15) is 24.7 Å². The summed E-state index contributed by atoms with van der Waals surface area (Å²) in [6, 6.07) is 0. The van der Waals surface area contributed by atoms with Crippen LogP contribution in [0.4, 0.5) is 5.69 Å². The van der Waals surface area contributed by atoms with Crippen LogP contribution in [0.2, 0.25) is 0 Å². The summed E-state index contributed by atoms with van der Waals surface area (Å²) in [5.41, 5.74) is 0.706. The first-order valence-electron chi connectivity index (χ1n) is 7.41. The minimum Gasteiger partial charge on any atom is -0.481 e. The van der Waals surface area contributed by atoms with Gasteiger partial charge in [-0.2, -0.15) is 5.10 Å². The third kappa shape index (κ3) is 3.33. The Hall–Kier alpha value is -2.45. The average molecular weight is 324 g/mol. The van der Waals surface area contributed by atoms with Crippen molar-refractivity contribution >= 4 is 17.6 Å². The summed E-state index contributed by atoms with van der Waals surface area (Å²) in [6.45, 7) is 5.85. The number of aliphatic carboxylic acids is 1. The summed E-state index contributed by atoms with van der Waals surface area (Å²) >= 11 is 0. The molecule has 0 aliphatic carbocycles. The van der Waals surface area contributed by atoms with Gasteiger partial charge in [-0.15, -0.1) is 0 Å². The molecule has 0 spiro atoms. The number of carbonyl (C=O) groups excluding carboxylic acids is 1. The summed E-state index contributed by atoms with van der Waals surface area (Å²) in [4.78, 5) is 35.3. The number of carboxylic acid groups (broad SMARTS) is 1. The van der Waals surface area contributed by atoms with Crippen LogP contribution in [0.3, 0.4) is 0 Å². The number of aromatic nitrogens is 2. The van der Waals surface area contributed by atoms with Gasteiger partial charge in [-0.05, 0) is 19.8 Å². The molecule has 1 amide bonds. The third-order valence-electron chi connectivity index (χ3n) is 4.35. The first-order valence-corrected chi connectivity index (χ1v) is 7.41. The molecule has 126 valence electrons. The summed E-state index contributed by atoms with van der Waals surface area (Å²) in [6.07, 6.45) is 0.137. The van der Waals surface area contributed by atoms with Crippen molar-refractivity contribution in [3.05, 3.63) is 21.5 Å². The maximum Gasteiger partial charge on any atom is 0.312 e. The highest BCUT2D eigenvalue weighted by Crippen LogP contribution is 2.25. The zero-order chi connectivity index (χ0) is 17.3. The Balaban J connectivity index is 1.99. The lowest BCUT2D eigenvalue weighted by molar-refractivity contribution is -0.386. The lowest BCUT2D eigenvalue weighted by atomic mass is 9.99. The highest BCUT2D eigenvalue weighted by molar-refractivity contribution is 5.79. The van der Waals surface area contributed by atoms with Gasteiger partial charge in [-0.3, -0.25) is 24.4 Å². The lowest BCUT2D eigenvalue weighted by Gasteiger charge is -2.16. The van der Waals surface area contributed by atoms with Crippen molar-refractivity contribution < 1.29 is 19.6 Å². The molecule has 9 heteroatoms. The Labute approximate surface area is 133 Å². The number of amides is 1. The fourth-order valence-corrected chi connectivity index (χ4v) is 3.02. The van der Waals surface area contributed by atoms with Crippen LogP contribution in [0.5, 0.6) is 0 Å². The second-order valence-electron chi connectivity index (χ2n) is 5.97. The zero-order valence-electron chi connectivity index (χ0n) is 13.4. The van der Waals surface area contributed by atoms with E-state index in [1.807, 2.05) is 6.92 Å². The van der Waals surface area contributed by atoms with Crippen LogP contribution in [0.15, 0.2) is 0 Å². The minimum atomic E-state index is -0.887. The fourth-order valence-electron chi connectivity index (χ4n) is 3.02. The van der Waals surface area contributed by atoms with Gasteiger partial charge in [0.2, 0.25) is 5.91 Å². The summed E-state index contributed by atoms with van der Waals surface area (Å²) in [7, 11) is 0. The van der Waals surface area contributed by atoms with Gasteiger partial charge >= 0.3 is 11.7 Å². The van der Waals surface area contributed by atoms with Gasteiger partial charge in [0, 0.05) is 19.5 Å². The number of carbonyl (C=O) groups is 2. The van der Waals surface area contributed by atoms with Crippen LogP contribution < -0.4 is 0 Å². The van der Waals surface area contributed by atoms with Crippen LogP contribution in [0, 0.1) is 35.8 Å². The van der Waals surface area contributed by atoms with E-state index in [4.69, 9.17) is 5.11 Å². The van der Waals surface area contributed by atoms with Crippen LogP contribution in [-0.4, -0.2) is 49.7 Å². The molecule has 1 saturated heterocycles. The smallest absolute Gasteiger partial charge is 0.312 e. The van der Waals surface area contributed by atoms with E-state index in [-0.39, 0.29) is 37.0 Å². The van der Waals surface area contributed by atoms with Crippen molar-refractivity contribution in [3.63, 3.8) is 0 Å². The number of rotatable bonds is 5. The number of likely N-dealkylation sites (tertiary alicyclic amines) is 1. The second-order valence-corrected chi connectivity index (χ2v) is 5.97. The highest BCUT2D eigenvalue weighted by atomic mass is 16.6. The van der Waals surface area contributed by atoms with Gasteiger partial charge in [0.1, 0.15) is 11.4 Å². The molecule has 9 nitrogen and oxygen atoms in total. The molecule has 2 atom stereocenters.